The van der Waals surface area contributed by atoms with Crippen molar-refractivity contribution in [3.8, 4) is 10.6 Å². The second kappa shape index (κ2) is 8.49. The number of carbonyl (C=O) groups excluding carboxylic acids is 1. The average molecular weight is 453 g/mol. The monoisotopic (exact) mass is 452 g/mol. The van der Waals surface area contributed by atoms with Gasteiger partial charge in [-0.1, -0.05) is 24.3 Å². The highest BCUT2D eigenvalue weighted by atomic mass is 32.2. The van der Waals surface area contributed by atoms with Crippen molar-refractivity contribution in [1.29, 1.82) is 0 Å². The van der Waals surface area contributed by atoms with Gasteiger partial charge in [-0.25, -0.2) is 18.2 Å². The Morgan fingerprint density at radius 3 is 2.45 bits per heavy atom. The molecule has 1 aromatic heterocycles. The van der Waals surface area contributed by atoms with Crippen molar-refractivity contribution in [2.75, 3.05) is 4.72 Å². The zero-order valence-corrected chi connectivity index (χ0v) is 18.5. The van der Waals surface area contributed by atoms with Gasteiger partial charge in [0.15, 0.2) is 0 Å². The summed E-state index contributed by atoms with van der Waals surface area (Å²) in [5.74, 6) is -0.695. The van der Waals surface area contributed by atoms with Gasteiger partial charge in [-0.05, 0) is 67.9 Å². The molecule has 0 aliphatic carbocycles. The fourth-order valence-electron chi connectivity index (χ4n) is 2.94. The number of carbonyl (C=O) groups is 1. The summed E-state index contributed by atoms with van der Waals surface area (Å²) in [6, 6.07) is 21.3. The number of anilines is 1. The Kier molecular flexibility index (Phi) is 5.75. The molecular weight excluding hydrogens is 432 g/mol. The van der Waals surface area contributed by atoms with Crippen LogP contribution >= 0.6 is 11.3 Å². The zero-order chi connectivity index (χ0) is 22.0. The van der Waals surface area contributed by atoms with Crippen molar-refractivity contribution in [1.82, 2.24) is 4.98 Å². The van der Waals surface area contributed by atoms with Gasteiger partial charge in [0.25, 0.3) is 10.0 Å². The number of benzene rings is 3. The van der Waals surface area contributed by atoms with Crippen LogP contribution < -0.4 is 4.72 Å². The molecule has 1 unspecified atom stereocenters. The summed E-state index contributed by atoms with van der Waals surface area (Å²) in [6.07, 6.45) is 0. The van der Waals surface area contributed by atoms with Gasteiger partial charge in [0.2, 0.25) is 5.44 Å². The minimum absolute atomic E-state index is 0.292. The molecule has 31 heavy (non-hydrogen) atoms. The molecule has 1 heterocycles. The lowest BCUT2D eigenvalue weighted by molar-refractivity contribution is 0.0468. The average Bonchev–Trinajstić information content (AvgIpc) is 3.17. The highest BCUT2D eigenvalue weighted by Crippen LogP contribution is 2.31. The number of sulfonamides is 1. The van der Waals surface area contributed by atoms with E-state index < -0.39 is 21.4 Å². The minimum atomic E-state index is -3.93. The first-order valence-electron chi connectivity index (χ1n) is 9.57. The number of nitrogens with zero attached hydrogens (tertiary/aromatic N) is 1. The fourth-order valence-corrected chi connectivity index (χ4v) is 4.85. The standard InChI is InChI=1S/C23H20N2O4S2/c1-15-8-13-20-21(14-15)30-22(24-20)17-9-11-19(12-10-17)25-31(27,28)16(2)29-23(26)18-6-4-3-5-7-18/h3-14,16,25H,1-2H3. The SMILES string of the molecule is Cc1ccc2nc(-c3ccc(NS(=O)(=O)C(C)OC(=O)c4ccccc4)cc3)sc2c1. The fraction of sp³-hybridized carbons (Fsp3) is 0.130. The van der Waals surface area contributed by atoms with Gasteiger partial charge in [-0.2, -0.15) is 0 Å². The van der Waals surface area contributed by atoms with Crippen molar-refractivity contribution in [3.63, 3.8) is 0 Å². The van der Waals surface area contributed by atoms with Crippen molar-refractivity contribution in [2.45, 2.75) is 19.3 Å². The van der Waals surface area contributed by atoms with E-state index in [0.29, 0.717) is 11.3 Å². The van der Waals surface area contributed by atoms with E-state index in [4.69, 9.17) is 4.74 Å². The van der Waals surface area contributed by atoms with E-state index in [9.17, 15) is 13.2 Å². The van der Waals surface area contributed by atoms with Gasteiger partial charge in [-0.15, -0.1) is 11.3 Å². The first-order valence-corrected chi connectivity index (χ1v) is 11.9. The Morgan fingerprint density at radius 1 is 1.03 bits per heavy atom. The van der Waals surface area contributed by atoms with Crippen LogP contribution in [0, 0.1) is 6.92 Å². The van der Waals surface area contributed by atoms with Gasteiger partial charge in [0.05, 0.1) is 15.8 Å². The van der Waals surface area contributed by atoms with Crippen molar-refractivity contribution in [3.05, 3.63) is 83.9 Å². The largest absolute Gasteiger partial charge is 0.441 e. The highest BCUT2D eigenvalue weighted by Gasteiger charge is 2.25. The van der Waals surface area contributed by atoms with Gasteiger partial charge in [0, 0.05) is 11.3 Å². The Hall–Kier alpha value is -3.23. The first-order chi connectivity index (χ1) is 14.8. The van der Waals surface area contributed by atoms with Crippen molar-refractivity contribution in [2.24, 2.45) is 0 Å². The maximum atomic E-state index is 12.6. The van der Waals surface area contributed by atoms with Crippen molar-refractivity contribution < 1.29 is 17.9 Å². The van der Waals surface area contributed by atoms with Crippen LogP contribution in [0.5, 0.6) is 0 Å². The molecule has 0 saturated heterocycles. The van der Waals surface area contributed by atoms with Crippen LogP contribution in [0.25, 0.3) is 20.8 Å². The molecule has 1 atom stereocenters. The summed E-state index contributed by atoms with van der Waals surface area (Å²) in [5, 5.41) is 0.861. The molecular formula is C23H20N2O4S2. The maximum absolute atomic E-state index is 12.6. The Bertz CT molecular complexity index is 1330. The lowest BCUT2D eigenvalue weighted by atomic mass is 10.2. The highest BCUT2D eigenvalue weighted by molar-refractivity contribution is 7.93. The zero-order valence-electron chi connectivity index (χ0n) is 16.9. The molecule has 8 heteroatoms. The van der Waals surface area contributed by atoms with E-state index >= 15 is 0 Å². The molecule has 0 amide bonds. The molecule has 6 nitrogen and oxygen atoms in total. The van der Waals surface area contributed by atoms with Crippen LogP contribution in [0.1, 0.15) is 22.8 Å². The van der Waals surface area contributed by atoms with E-state index in [1.54, 1.807) is 53.8 Å². The van der Waals surface area contributed by atoms with Crippen LogP contribution in [-0.4, -0.2) is 24.8 Å². The molecule has 0 fully saturated rings. The second-order valence-corrected chi connectivity index (χ2v) is 10.0. The van der Waals surface area contributed by atoms with E-state index in [1.165, 1.54) is 12.5 Å². The molecule has 0 aliphatic rings. The number of aromatic nitrogens is 1. The number of aryl methyl sites for hydroxylation is 1. The summed E-state index contributed by atoms with van der Waals surface area (Å²) in [5.41, 5.74) is 2.32. The number of rotatable bonds is 6. The molecule has 0 bridgehead atoms. The first kappa shape index (κ1) is 21.0. The molecule has 0 spiro atoms. The topological polar surface area (TPSA) is 85.4 Å². The van der Waals surface area contributed by atoms with Crippen LogP contribution in [0.4, 0.5) is 5.69 Å². The quantitative estimate of drug-likeness (QED) is 0.406. The number of esters is 1. The molecule has 4 aromatic rings. The number of nitrogens with one attached hydrogen (secondary N) is 1. The lowest BCUT2D eigenvalue weighted by Gasteiger charge is -2.16. The Morgan fingerprint density at radius 2 is 1.74 bits per heavy atom. The summed E-state index contributed by atoms with van der Waals surface area (Å²) < 4.78 is 33.8. The molecule has 158 valence electrons. The van der Waals surface area contributed by atoms with E-state index in [2.05, 4.69) is 15.8 Å². The van der Waals surface area contributed by atoms with E-state index in [1.807, 2.05) is 31.2 Å². The summed E-state index contributed by atoms with van der Waals surface area (Å²) in [6.45, 7) is 3.36. The second-order valence-electron chi connectivity index (χ2n) is 7.05. The van der Waals surface area contributed by atoms with Gasteiger partial charge in [-0.3, -0.25) is 4.72 Å². The molecule has 1 N–H and O–H groups in total. The molecule has 0 saturated carbocycles. The molecule has 0 aliphatic heterocycles. The predicted molar refractivity (Wildman–Crippen MR) is 124 cm³/mol. The lowest BCUT2D eigenvalue weighted by Crippen LogP contribution is -2.29. The third kappa shape index (κ3) is 4.76. The normalized spacial score (nSPS) is 12.5. The maximum Gasteiger partial charge on any atom is 0.339 e. The number of thiazole rings is 1. The van der Waals surface area contributed by atoms with E-state index in [-0.39, 0.29) is 0 Å². The molecule has 4 rings (SSSR count). The van der Waals surface area contributed by atoms with Gasteiger partial charge < -0.3 is 4.74 Å². The summed E-state index contributed by atoms with van der Waals surface area (Å²) >= 11 is 1.59. The number of ether oxygens (including phenoxy) is 1. The summed E-state index contributed by atoms with van der Waals surface area (Å²) in [4.78, 5) is 16.8. The predicted octanol–water partition coefficient (Wildman–Crippen LogP) is 5.22. The number of fused-ring (bicyclic) bond motifs is 1. The van der Waals surface area contributed by atoms with Gasteiger partial charge in [0.1, 0.15) is 5.01 Å². The Labute approximate surface area is 184 Å². The Balaban J connectivity index is 1.46. The minimum Gasteiger partial charge on any atom is -0.441 e. The van der Waals surface area contributed by atoms with Crippen molar-refractivity contribution >= 4 is 43.2 Å². The van der Waals surface area contributed by atoms with Crippen LogP contribution in [0.3, 0.4) is 0 Å². The van der Waals surface area contributed by atoms with E-state index in [0.717, 1.165) is 20.8 Å². The number of hydrogen-bond donors (Lipinski definition) is 1. The third-order valence-corrected chi connectivity index (χ3v) is 7.21. The van der Waals surface area contributed by atoms with Crippen LogP contribution in [0.2, 0.25) is 0 Å². The van der Waals surface area contributed by atoms with Gasteiger partial charge >= 0.3 is 5.97 Å². The van der Waals surface area contributed by atoms with Crippen LogP contribution in [0.15, 0.2) is 72.8 Å². The van der Waals surface area contributed by atoms with Crippen LogP contribution in [-0.2, 0) is 14.8 Å². The third-order valence-electron chi connectivity index (χ3n) is 4.66. The molecule has 3 aromatic carbocycles. The summed E-state index contributed by atoms with van der Waals surface area (Å²) in [7, 11) is -3.93. The smallest absolute Gasteiger partial charge is 0.339 e. The molecule has 0 radical (unpaired) electrons. The number of hydrogen-bond acceptors (Lipinski definition) is 6.